The summed E-state index contributed by atoms with van der Waals surface area (Å²) in [5, 5.41) is 6.09. The number of benzene rings is 1. The van der Waals surface area contributed by atoms with Crippen LogP contribution in [0.1, 0.15) is 41.6 Å². The molecule has 1 saturated carbocycles. The topological polar surface area (TPSA) is 83.6 Å². The van der Waals surface area contributed by atoms with Crippen LogP contribution in [0.3, 0.4) is 0 Å². The molecule has 0 spiro atoms. The Morgan fingerprint density at radius 3 is 2.69 bits per heavy atom. The zero-order valence-electron chi connectivity index (χ0n) is 16.8. The monoisotopic (exact) mass is 394 g/mol. The molecule has 2 heterocycles. The molecule has 7 heteroatoms. The summed E-state index contributed by atoms with van der Waals surface area (Å²) in [5.41, 5.74) is 2.25. The molecule has 4 rings (SSSR count). The summed E-state index contributed by atoms with van der Waals surface area (Å²) in [7, 11) is 3.36. The van der Waals surface area contributed by atoms with E-state index in [0.29, 0.717) is 23.6 Å². The molecule has 0 atom stereocenters. The molecule has 2 N–H and O–H groups in total. The van der Waals surface area contributed by atoms with E-state index >= 15 is 0 Å². The molecule has 0 bridgehead atoms. The van der Waals surface area contributed by atoms with Gasteiger partial charge in [-0.1, -0.05) is 25.0 Å². The number of carbonyl (C=O) groups is 2. The first kappa shape index (κ1) is 19.2. The smallest absolute Gasteiger partial charge is 0.252 e. The number of pyridine rings is 1. The zero-order chi connectivity index (χ0) is 20.4. The van der Waals surface area contributed by atoms with Crippen molar-refractivity contribution in [1.29, 1.82) is 0 Å². The van der Waals surface area contributed by atoms with Gasteiger partial charge in [-0.25, -0.2) is 4.98 Å². The highest BCUT2D eigenvalue weighted by Gasteiger charge is 2.36. The number of ether oxygens (including phenoxy) is 1. The summed E-state index contributed by atoms with van der Waals surface area (Å²) in [6, 6.07) is 9.87. The average molecular weight is 394 g/mol. The van der Waals surface area contributed by atoms with E-state index in [2.05, 4.69) is 27.8 Å². The molecular weight excluding hydrogens is 368 g/mol. The Bertz CT molecular complexity index is 920. The quantitative estimate of drug-likeness (QED) is 0.815. The number of fused-ring (bicyclic) bond motifs is 1. The number of nitrogens with zero attached hydrogens (tertiary/aromatic N) is 2. The molecule has 1 aliphatic carbocycles. The van der Waals surface area contributed by atoms with Crippen molar-refractivity contribution in [1.82, 2.24) is 10.3 Å². The minimum atomic E-state index is -0.175. The van der Waals surface area contributed by atoms with Crippen molar-refractivity contribution >= 4 is 23.3 Å². The number of amides is 2. The summed E-state index contributed by atoms with van der Waals surface area (Å²) in [4.78, 5) is 30.6. The third kappa shape index (κ3) is 3.64. The molecule has 7 nitrogen and oxygen atoms in total. The van der Waals surface area contributed by atoms with Crippen molar-refractivity contribution < 1.29 is 14.3 Å². The van der Waals surface area contributed by atoms with E-state index in [4.69, 9.17) is 4.74 Å². The van der Waals surface area contributed by atoms with Gasteiger partial charge in [0.25, 0.3) is 5.91 Å². The molecule has 0 unspecified atom stereocenters. The maximum Gasteiger partial charge on any atom is 0.252 e. The van der Waals surface area contributed by atoms with Crippen molar-refractivity contribution in [2.24, 2.45) is 0 Å². The molecule has 1 aromatic heterocycles. The number of hydrogen-bond donors (Lipinski definition) is 2. The van der Waals surface area contributed by atoms with E-state index in [9.17, 15) is 9.59 Å². The molecule has 0 saturated heterocycles. The number of nitrogens with one attached hydrogen (secondary N) is 2. The van der Waals surface area contributed by atoms with Gasteiger partial charge in [0.15, 0.2) is 0 Å². The number of carbonyl (C=O) groups excluding carboxylic acids is 2. The maximum atomic E-state index is 12.9. The van der Waals surface area contributed by atoms with Gasteiger partial charge in [0, 0.05) is 25.2 Å². The van der Waals surface area contributed by atoms with Gasteiger partial charge in [0.05, 0.1) is 24.9 Å². The number of hydrogen-bond acceptors (Lipinski definition) is 5. The molecule has 1 aliphatic heterocycles. The molecule has 29 heavy (non-hydrogen) atoms. The van der Waals surface area contributed by atoms with Crippen LogP contribution < -0.4 is 20.3 Å². The lowest BCUT2D eigenvalue weighted by molar-refractivity contribution is -0.116. The highest BCUT2D eigenvalue weighted by molar-refractivity contribution is 6.03. The third-order valence-corrected chi connectivity index (χ3v) is 6.12. The van der Waals surface area contributed by atoms with Crippen LogP contribution in [0.15, 0.2) is 36.5 Å². The second kappa shape index (κ2) is 7.73. The Morgan fingerprint density at radius 1 is 1.28 bits per heavy atom. The third-order valence-electron chi connectivity index (χ3n) is 6.12. The fourth-order valence-corrected chi connectivity index (χ4v) is 4.30. The van der Waals surface area contributed by atoms with Crippen LogP contribution in [0.2, 0.25) is 0 Å². The number of likely N-dealkylation sites (N-methyl/N-ethyl adjacent to an activating group) is 1. The second-order valence-electron chi connectivity index (χ2n) is 7.80. The first-order valence-electron chi connectivity index (χ1n) is 9.96. The summed E-state index contributed by atoms with van der Waals surface area (Å²) in [6.45, 7) is 0.786. The van der Waals surface area contributed by atoms with Gasteiger partial charge in [0.1, 0.15) is 11.6 Å². The largest absolute Gasteiger partial charge is 0.497 e. The van der Waals surface area contributed by atoms with Crippen LogP contribution in [0.4, 0.5) is 11.5 Å². The number of anilines is 2. The number of methoxy groups -OCH3 is 1. The first-order chi connectivity index (χ1) is 14.0. The summed E-state index contributed by atoms with van der Waals surface area (Å²) in [6.07, 6.45) is 5.95. The van der Waals surface area contributed by atoms with Gasteiger partial charge in [0.2, 0.25) is 5.91 Å². The highest BCUT2D eigenvalue weighted by Crippen LogP contribution is 2.41. The number of aromatic nitrogens is 1. The van der Waals surface area contributed by atoms with Crippen molar-refractivity contribution in [3.8, 4) is 5.75 Å². The number of rotatable bonds is 5. The van der Waals surface area contributed by atoms with Gasteiger partial charge in [-0.05, 0) is 36.6 Å². The van der Waals surface area contributed by atoms with E-state index < -0.39 is 0 Å². The van der Waals surface area contributed by atoms with Gasteiger partial charge >= 0.3 is 0 Å². The lowest BCUT2D eigenvalue weighted by Gasteiger charge is -2.30. The highest BCUT2D eigenvalue weighted by atomic mass is 16.5. The standard InChI is InChI=1S/C22H26N4O3/c1-26-18-11-15(12-23-20(18)24-13-19(26)27)21(28)25-14-22(9-3-4-10-22)16-5-7-17(29-2)8-6-16/h5-8,11-12H,3-4,9-10,13-14H2,1-2H3,(H,23,24)(H,25,28). The van der Waals surface area contributed by atoms with E-state index in [1.807, 2.05) is 12.1 Å². The predicted molar refractivity (Wildman–Crippen MR) is 112 cm³/mol. The van der Waals surface area contributed by atoms with Crippen LogP contribution >= 0.6 is 0 Å². The predicted octanol–water partition coefficient (Wildman–Crippen LogP) is 2.72. The normalized spacial score (nSPS) is 17.4. The lowest BCUT2D eigenvalue weighted by atomic mass is 9.78. The minimum absolute atomic E-state index is 0.0544. The Balaban J connectivity index is 1.51. The second-order valence-corrected chi connectivity index (χ2v) is 7.80. The van der Waals surface area contributed by atoms with E-state index in [-0.39, 0.29) is 23.8 Å². The van der Waals surface area contributed by atoms with Crippen LogP contribution in [-0.4, -0.2) is 44.0 Å². The summed E-state index contributed by atoms with van der Waals surface area (Å²) in [5.74, 6) is 1.22. The Kier molecular flexibility index (Phi) is 5.13. The first-order valence-corrected chi connectivity index (χ1v) is 9.96. The Labute approximate surface area is 170 Å². The van der Waals surface area contributed by atoms with Gasteiger partial charge < -0.3 is 20.3 Å². The van der Waals surface area contributed by atoms with Crippen molar-refractivity contribution in [3.63, 3.8) is 0 Å². The molecular formula is C22H26N4O3. The Hall–Kier alpha value is -3.09. The van der Waals surface area contributed by atoms with Crippen LogP contribution in [0.25, 0.3) is 0 Å². The molecule has 2 aliphatic rings. The molecule has 2 amide bonds. The van der Waals surface area contributed by atoms with Gasteiger partial charge in [-0.3, -0.25) is 9.59 Å². The van der Waals surface area contributed by atoms with Crippen LogP contribution in [0, 0.1) is 0 Å². The van der Waals surface area contributed by atoms with E-state index in [0.717, 1.165) is 31.4 Å². The summed E-state index contributed by atoms with van der Waals surface area (Å²) >= 11 is 0. The fraction of sp³-hybridized carbons (Fsp3) is 0.409. The molecule has 152 valence electrons. The molecule has 1 aromatic carbocycles. The zero-order valence-corrected chi connectivity index (χ0v) is 16.8. The van der Waals surface area contributed by atoms with E-state index in [1.54, 1.807) is 26.4 Å². The SMILES string of the molecule is COc1ccc(C2(CNC(=O)c3cnc4c(c3)N(C)C(=O)CN4)CCCC2)cc1. The van der Waals surface area contributed by atoms with Crippen molar-refractivity contribution in [2.75, 3.05) is 37.5 Å². The lowest BCUT2D eigenvalue weighted by Crippen LogP contribution is -2.40. The Morgan fingerprint density at radius 2 is 2.00 bits per heavy atom. The molecule has 2 aromatic rings. The van der Waals surface area contributed by atoms with Gasteiger partial charge in [-0.2, -0.15) is 0 Å². The van der Waals surface area contributed by atoms with Gasteiger partial charge in [-0.15, -0.1) is 0 Å². The summed E-state index contributed by atoms with van der Waals surface area (Å²) < 4.78 is 5.27. The average Bonchev–Trinajstić information content (AvgIpc) is 3.25. The van der Waals surface area contributed by atoms with Crippen molar-refractivity contribution in [3.05, 3.63) is 47.7 Å². The fourth-order valence-electron chi connectivity index (χ4n) is 4.30. The van der Waals surface area contributed by atoms with Crippen molar-refractivity contribution in [2.45, 2.75) is 31.1 Å². The minimum Gasteiger partial charge on any atom is -0.497 e. The maximum absolute atomic E-state index is 12.9. The molecule has 1 fully saturated rings. The van der Waals surface area contributed by atoms with Crippen LogP contribution in [0.5, 0.6) is 5.75 Å². The van der Waals surface area contributed by atoms with E-state index in [1.165, 1.54) is 10.5 Å². The molecule has 0 radical (unpaired) electrons. The van der Waals surface area contributed by atoms with Crippen LogP contribution in [-0.2, 0) is 10.2 Å².